The average molecular weight is 459 g/mol. The highest BCUT2D eigenvalue weighted by Gasteiger charge is 2.46. The van der Waals surface area contributed by atoms with Crippen molar-refractivity contribution < 1.29 is 29.5 Å². The van der Waals surface area contributed by atoms with Gasteiger partial charge in [-0.25, -0.2) is 4.79 Å². The molecule has 0 unspecified atom stereocenters. The number of carbonyl (C=O) groups is 3. The summed E-state index contributed by atoms with van der Waals surface area (Å²) in [5, 5.41) is 30.4. The number of aromatic hydroxyl groups is 1. The lowest BCUT2D eigenvalue weighted by Crippen LogP contribution is -2.29. The third kappa shape index (κ3) is 3.73. The maximum Gasteiger partial charge on any atom is 0.339 e. The van der Waals surface area contributed by atoms with Gasteiger partial charge in [-0.3, -0.25) is 24.6 Å². The number of ketones is 1. The molecule has 1 aliphatic heterocycles. The van der Waals surface area contributed by atoms with E-state index in [4.69, 9.17) is 5.73 Å². The molecular weight excluding hydrogens is 442 g/mol. The van der Waals surface area contributed by atoms with E-state index in [2.05, 4.69) is 0 Å². The summed E-state index contributed by atoms with van der Waals surface area (Å²) in [6.07, 6.45) is 0. The fourth-order valence-corrected chi connectivity index (χ4v) is 3.84. The Labute approximate surface area is 192 Å². The second kappa shape index (κ2) is 8.51. The Balaban J connectivity index is 1.96. The van der Waals surface area contributed by atoms with Crippen molar-refractivity contribution in [2.45, 2.75) is 6.04 Å². The molecule has 1 fully saturated rings. The number of carboxylic acid groups (broad SMARTS) is 1. The number of nitrogens with two attached hydrogens (primary N) is 1. The van der Waals surface area contributed by atoms with Crippen LogP contribution in [0.2, 0.25) is 0 Å². The van der Waals surface area contributed by atoms with Gasteiger partial charge in [0.15, 0.2) is 0 Å². The van der Waals surface area contributed by atoms with Crippen LogP contribution in [0.5, 0.6) is 5.75 Å². The highest BCUT2D eigenvalue weighted by molar-refractivity contribution is 6.52. The summed E-state index contributed by atoms with van der Waals surface area (Å²) < 4.78 is 0. The van der Waals surface area contributed by atoms with Gasteiger partial charge in [0.25, 0.3) is 17.4 Å². The van der Waals surface area contributed by atoms with Gasteiger partial charge in [-0.1, -0.05) is 30.3 Å². The Hall–Kier alpha value is -4.99. The number of aromatic carboxylic acids is 1. The molecule has 4 N–H and O–H groups in total. The quantitative estimate of drug-likeness (QED) is 0.227. The molecule has 1 atom stereocenters. The summed E-state index contributed by atoms with van der Waals surface area (Å²) in [6, 6.07) is 16.2. The minimum atomic E-state index is -1.43. The molecule has 3 aromatic carbocycles. The number of hydrogen-bond donors (Lipinski definition) is 3. The SMILES string of the molecule is N/C(=C1\C(=O)C(=O)N(c2ccc(O)c(C(=O)O)c2)[C@@H]1c1ccc([N+](=O)[O-])cc1)c1ccccc1. The molecule has 10 heteroatoms. The molecule has 0 bridgehead atoms. The normalized spacial score (nSPS) is 17.1. The summed E-state index contributed by atoms with van der Waals surface area (Å²) in [4.78, 5) is 49.4. The van der Waals surface area contributed by atoms with E-state index in [1.165, 1.54) is 30.3 Å². The van der Waals surface area contributed by atoms with E-state index in [0.717, 1.165) is 17.0 Å². The number of carbonyl (C=O) groups excluding carboxylic acids is 2. The highest BCUT2D eigenvalue weighted by atomic mass is 16.6. The number of non-ortho nitro benzene ring substituents is 1. The topological polar surface area (TPSA) is 164 Å². The van der Waals surface area contributed by atoms with Gasteiger partial charge in [0, 0.05) is 23.5 Å². The van der Waals surface area contributed by atoms with Crippen LogP contribution in [-0.4, -0.2) is 32.8 Å². The van der Waals surface area contributed by atoms with Crippen molar-refractivity contribution in [2.75, 3.05) is 4.90 Å². The molecule has 10 nitrogen and oxygen atoms in total. The Morgan fingerprint density at radius 3 is 2.24 bits per heavy atom. The number of anilines is 1. The molecule has 0 radical (unpaired) electrons. The number of hydrogen-bond acceptors (Lipinski definition) is 7. The molecule has 0 aliphatic carbocycles. The van der Waals surface area contributed by atoms with Gasteiger partial charge in [0.2, 0.25) is 0 Å². The second-order valence-corrected chi connectivity index (χ2v) is 7.46. The maximum absolute atomic E-state index is 13.1. The van der Waals surface area contributed by atoms with E-state index < -0.39 is 39.9 Å². The monoisotopic (exact) mass is 459 g/mol. The van der Waals surface area contributed by atoms with Crippen molar-refractivity contribution in [3.8, 4) is 5.75 Å². The second-order valence-electron chi connectivity index (χ2n) is 7.46. The molecular formula is C24H17N3O7. The molecule has 34 heavy (non-hydrogen) atoms. The number of nitrogens with zero attached hydrogens (tertiary/aromatic N) is 2. The number of phenols is 1. The molecule has 0 spiro atoms. The number of rotatable bonds is 5. The lowest BCUT2D eigenvalue weighted by atomic mass is 9.94. The number of carboxylic acids is 1. The van der Waals surface area contributed by atoms with Crippen molar-refractivity contribution in [3.05, 3.63) is 105 Å². The largest absolute Gasteiger partial charge is 0.507 e. The van der Waals surface area contributed by atoms with Crippen LogP contribution in [0.4, 0.5) is 11.4 Å². The van der Waals surface area contributed by atoms with Gasteiger partial charge in [0.05, 0.1) is 16.5 Å². The minimum Gasteiger partial charge on any atom is -0.507 e. The minimum absolute atomic E-state index is 0.0350. The van der Waals surface area contributed by atoms with Crippen molar-refractivity contribution in [3.63, 3.8) is 0 Å². The lowest BCUT2D eigenvalue weighted by molar-refractivity contribution is -0.384. The zero-order valence-electron chi connectivity index (χ0n) is 17.4. The van der Waals surface area contributed by atoms with Crippen molar-refractivity contribution in [1.82, 2.24) is 0 Å². The van der Waals surface area contributed by atoms with Crippen molar-refractivity contribution in [1.29, 1.82) is 0 Å². The summed E-state index contributed by atoms with van der Waals surface area (Å²) in [7, 11) is 0. The molecule has 0 aromatic heterocycles. The van der Waals surface area contributed by atoms with Gasteiger partial charge in [-0.2, -0.15) is 0 Å². The van der Waals surface area contributed by atoms with Gasteiger partial charge in [-0.15, -0.1) is 0 Å². The van der Waals surface area contributed by atoms with Crippen LogP contribution in [0.25, 0.3) is 5.70 Å². The zero-order valence-corrected chi connectivity index (χ0v) is 17.4. The van der Waals surface area contributed by atoms with Crippen LogP contribution >= 0.6 is 0 Å². The molecule has 0 saturated carbocycles. The molecule has 170 valence electrons. The Morgan fingerprint density at radius 2 is 1.65 bits per heavy atom. The number of Topliss-reactive ketones (excluding diaryl/α,β-unsaturated/α-hetero) is 1. The number of nitro benzene ring substituents is 1. The van der Waals surface area contributed by atoms with Gasteiger partial charge < -0.3 is 15.9 Å². The molecule has 1 saturated heterocycles. The third-order valence-corrected chi connectivity index (χ3v) is 5.47. The molecule has 4 rings (SSSR count). The highest BCUT2D eigenvalue weighted by Crippen LogP contribution is 2.42. The summed E-state index contributed by atoms with van der Waals surface area (Å²) in [6.45, 7) is 0. The van der Waals surface area contributed by atoms with Gasteiger partial charge >= 0.3 is 5.97 Å². The van der Waals surface area contributed by atoms with Crippen molar-refractivity contribution in [2.24, 2.45) is 5.73 Å². The van der Waals surface area contributed by atoms with Gasteiger partial charge in [-0.05, 0) is 41.5 Å². The first-order valence-electron chi connectivity index (χ1n) is 9.94. The standard InChI is InChI=1S/C24H17N3O7/c25-20(13-4-2-1-3-5-13)19-21(14-6-8-15(9-7-14)27(33)34)26(23(30)22(19)29)16-10-11-18(28)17(12-16)24(31)32/h1-12,21,28H,25H2,(H,31,32)/b20-19-/t21-/m1/s1. The van der Waals surface area contributed by atoms with E-state index in [-0.39, 0.29) is 22.6 Å². The zero-order chi connectivity index (χ0) is 24.6. The first-order valence-corrected chi connectivity index (χ1v) is 9.94. The smallest absolute Gasteiger partial charge is 0.339 e. The fraction of sp³-hybridized carbons (Fsp3) is 0.0417. The number of nitro groups is 1. The van der Waals surface area contributed by atoms with Crippen LogP contribution in [-0.2, 0) is 9.59 Å². The molecule has 3 aromatic rings. The van der Waals surface area contributed by atoms with E-state index in [9.17, 15) is 34.7 Å². The maximum atomic E-state index is 13.1. The van der Waals surface area contributed by atoms with E-state index in [1.807, 2.05) is 0 Å². The van der Waals surface area contributed by atoms with Crippen LogP contribution in [0.1, 0.15) is 27.5 Å². The predicted octanol–water partition coefficient (Wildman–Crippen LogP) is 3.03. The number of benzene rings is 3. The van der Waals surface area contributed by atoms with E-state index >= 15 is 0 Å². The summed E-state index contributed by atoms with van der Waals surface area (Å²) in [5.41, 5.74) is 6.56. The first-order chi connectivity index (χ1) is 16.2. The van der Waals surface area contributed by atoms with E-state index in [0.29, 0.717) is 11.1 Å². The Morgan fingerprint density at radius 1 is 1.00 bits per heavy atom. The Bertz CT molecular complexity index is 1370. The Kier molecular flexibility index (Phi) is 5.56. The van der Waals surface area contributed by atoms with Crippen LogP contribution in [0.15, 0.2) is 78.4 Å². The first kappa shape index (κ1) is 22.2. The van der Waals surface area contributed by atoms with Crippen LogP contribution in [0.3, 0.4) is 0 Å². The van der Waals surface area contributed by atoms with E-state index in [1.54, 1.807) is 30.3 Å². The average Bonchev–Trinajstić information content (AvgIpc) is 3.10. The molecule has 1 aliphatic rings. The predicted molar refractivity (Wildman–Crippen MR) is 121 cm³/mol. The fourth-order valence-electron chi connectivity index (χ4n) is 3.84. The molecule has 1 amide bonds. The third-order valence-electron chi connectivity index (χ3n) is 5.47. The summed E-state index contributed by atoms with van der Waals surface area (Å²) in [5.74, 6) is -3.79. The van der Waals surface area contributed by atoms with Gasteiger partial charge in [0.1, 0.15) is 11.3 Å². The molecule has 1 heterocycles. The van der Waals surface area contributed by atoms with Crippen LogP contribution < -0.4 is 10.6 Å². The lowest BCUT2D eigenvalue weighted by Gasteiger charge is -2.26. The van der Waals surface area contributed by atoms with Crippen LogP contribution in [0, 0.1) is 10.1 Å². The van der Waals surface area contributed by atoms with Crippen molar-refractivity contribution >= 4 is 34.7 Å². The number of amides is 1. The summed E-state index contributed by atoms with van der Waals surface area (Å²) >= 11 is 0.